The van der Waals surface area contributed by atoms with Crippen molar-refractivity contribution in [3.8, 4) is 11.5 Å². The lowest BCUT2D eigenvalue weighted by atomic mass is 10.3. The van der Waals surface area contributed by atoms with Crippen molar-refractivity contribution in [2.45, 2.75) is 6.92 Å². The van der Waals surface area contributed by atoms with Crippen LogP contribution in [0.3, 0.4) is 0 Å². The Balaban J connectivity index is 1.86. The highest BCUT2D eigenvalue weighted by molar-refractivity contribution is 5.93. The molecule has 2 N–H and O–H groups in total. The van der Waals surface area contributed by atoms with Crippen LogP contribution in [0.15, 0.2) is 43.0 Å². The molecular formula is C18H22N4O3. The minimum atomic E-state index is -0.261. The highest BCUT2D eigenvalue weighted by Gasteiger charge is 2.09. The summed E-state index contributed by atoms with van der Waals surface area (Å²) in [4.78, 5) is 20.4. The number of methoxy groups -OCH3 is 1. The Kier molecular flexibility index (Phi) is 6.76. The number of nitrogens with one attached hydrogen (secondary N) is 2. The Morgan fingerprint density at radius 2 is 1.96 bits per heavy atom. The number of carbonyl (C=O) groups is 1. The first kappa shape index (κ1) is 18.3. The summed E-state index contributed by atoms with van der Waals surface area (Å²) < 4.78 is 10.7. The molecular weight excluding hydrogens is 320 g/mol. The zero-order chi connectivity index (χ0) is 18.1. The van der Waals surface area contributed by atoms with E-state index in [1.165, 1.54) is 0 Å². The normalized spacial score (nSPS) is 10.0. The molecule has 0 unspecified atom stereocenters. The van der Waals surface area contributed by atoms with Crippen molar-refractivity contribution in [1.29, 1.82) is 0 Å². The number of carbonyl (C=O) groups excluding carboxylic acids is 1. The van der Waals surface area contributed by atoms with Gasteiger partial charge in [0.2, 0.25) is 0 Å². The molecule has 1 aromatic carbocycles. The van der Waals surface area contributed by atoms with Crippen molar-refractivity contribution < 1.29 is 14.3 Å². The van der Waals surface area contributed by atoms with Gasteiger partial charge in [-0.25, -0.2) is 9.97 Å². The van der Waals surface area contributed by atoms with Crippen LogP contribution in [0.2, 0.25) is 0 Å². The number of benzene rings is 1. The molecule has 132 valence electrons. The van der Waals surface area contributed by atoms with E-state index < -0.39 is 0 Å². The van der Waals surface area contributed by atoms with Crippen LogP contribution >= 0.6 is 0 Å². The fraction of sp³-hybridized carbons (Fsp3) is 0.278. The smallest absolute Gasteiger partial charge is 0.270 e. The van der Waals surface area contributed by atoms with Crippen LogP contribution in [-0.2, 0) is 0 Å². The number of aromatic nitrogens is 2. The number of amides is 1. The van der Waals surface area contributed by atoms with Crippen LogP contribution in [-0.4, -0.2) is 42.7 Å². The monoisotopic (exact) mass is 342 g/mol. The van der Waals surface area contributed by atoms with Crippen LogP contribution in [0.1, 0.15) is 16.3 Å². The van der Waals surface area contributed by atoms with E-state index in [1.54, 1.807) is 26.2 Å². The Morgan fingerprint density at radius 3 is 2.64 bits per heavy atom. The molecule has 0 fully saturated rings. The van der Waals surface area contributed by atoms with E-state index in [9.17, 15) is 4.79 Å². The summed E-state index contributed by atoms with van der Waals surface area (Å²) in [6.07, 6.45) is 1.61. The van der Waals surface area contributed by atoms with Gasteiger partial charge in [0.05, 0.1) is 13.7 Å². The topological polar surface area (TPSA) is 85.4 Å². The molecule has 0 aliphatic heterocycles. The van der Waals surface area contributed by atoms with Gasteiger partial charge in [0.15, 0.2) is 0 Å². The van der Waals surface area contributed by atoms with Crippen molar-refractivity contribution in [2.24, 2.45) is 0 Å². The Hall–Kier alpha value is -3.09. The molecule has 1 aromatic heterocycles. The molecule has 0 saturated carbocycles. The quantitative estimate of drug-likeness (QED) is 0.537. The van der Waals surface area contributed by atoms with Gasteiger partial charge in [-0.2, -0.15) is 0 Å². The molecule has 25 heavy (non-hydrogen) atoms. The van der Waals surface area contributed by atoms with Gasteiger partial charge in [0.1, 0.15) is 35.4 Å². The Bertz CT molecular complexity index is 717. The first-order chi connectivity index (χ1) is 12.1. The predicted octanol–water partition coefficient (Wildman–Crippen LogP) is 2.20. The molecule has 0 atom stereocenters. The van der Waals surface area contributed by atoms with E-state index >= 15 is 0 Å². The number of hydrogen-bond donors (Lipinski definition) is 2. The second-order valence-corrected chi connectivity index (χ2v) is 5.14. The van der Waals surface area contributed by atoms with E-state index in [0.717, 1.165) is 11.5 Å². The number of anilines is 1. The maximum atomic E-state index is 12.0. The molecule has 7 nitrogen and oxygen atoms in total. The predicted molar refractivity (Wildman–Crippen MR) is 96.3 cm³/mol. The zero-order valence-electron chi connectivity index (χ0n) is 14.4. The van der Waals surface area contributed by atoms with E-state index in [2.05, 4.69) is 27.2 Å². The van der Waals surface area contributed by atoms with Crippen LogP contribution in [0.5, 0.6) is 11.5 Å². The largest absolute Gasteiger partial charge is 0.497 e. The third kappa shape index (κ3) is 5.80. The average molecular weight is 342 g/mol. The van der Waals surface area contributed by atoms with Crippen LogP contribution < -0.4 is 20.1 Å². The van der Waals surface area contributed by atoms with E-state index in [4.69, 9.17) is 9.47 Å². The number of hydrogen-bond acceptors (Lipinski definition) is 6. The minimum absolute atomic E-state index is 0.261. The standard InChI is InChI=1S/C18H22N4O3/c1-4-9-20-18(23)16-12-17(22-13(2)21-16)19-10-11-25-15-7-5-14(24-3)6-8-15/h4-8,12H,1,9-11H2,2-3H3,(H,20,23)(H,19,21,22). The summed E-state index contributed by atoms with van der Waals surface area (Å²) >= 11 is 0. The summed E-state index contributed by atoms with van der Waals surface area (Å²) in [5.41, 5.74) is 0.313. The summed E-state index contributed by atoms with van der Waals surface area (Å²) in [6, 6.07) is 8.97. The van der Waals surface area contributed by atoms with Gasteiger partial charge in [-0.1, -0.05) is 6.08 Å². The number of nitrogens with zero attached hydrogens (tertiary/aromatic N) is 2. The molecule has 2 rings (SSSR count). The molecule has 0 saturated heterocycles. The second kappa shape index (κ2) is 9.27. The van der Waals surface area contributed by atoms with Crippen molar-refractivity contribution in [3.63, 3.8) is 0 Å². The number of aryl methyl sites for hydroxylation is 1. The fourth-order valence-corrected chi connectivity index (χ4v) is 2.05. The van der Waals surface area contributed by atoms with Crippen molar-refractivity contribution in [3.05, 3.63) is 54.5 Å². The van der Waals surface area contributed by atoms with Gasteiger partial charge < -0.3 is 20.1 Å². The zero-order valence-corrected chi connectivity index (χ0v) is 14.4. The summed E-state index contributed by atoms with van der Waals surface area (Å²) in [7, 11) is 1.62. The van der Waals surface area contributed by atoms with E-state index in [1.807, 2.05) is 24.3 Å². The average Bonchev–Trinajstić information content (AvgIpc) is 2.63. The summed E-state index contributed by atoms with van der Waals surface area (Å²) in [5, 5.41) is 5.82. The van der Waals surface area contributed by atoms with Crippen LogP contribution in [0.4, 0.5) is 5.82 Å². The fourth-order valence-electron chi connectivity index (χ4n) is 2.05. The number of rotatable bonds is 9. The van der Waals surface area contributed by atoms with E-state index in [0.29, 0.717) is 37.0 Å². The maximum Gasteiger partial charge on any atom is 0.270 e. The molecule has 0 aliphatic carbocycles. The van der Waals surface area contributed by atoms with Crippen LogP contribution in [0.25, 0.3) is 0 Å². The minimum Gasteiger partial charge on any atom is -0.497 e. The van der Waals surface area contributed by atoms with Gasteiger partial charge in [-0.3, -0.25) is 4.79 Å². The van der Waals surface area contributed by atoms with Gasteiger partial charge in [0.25, 0.3) is 5.91 Å². The molecule has 1 amide bonds. The van der Waals surface area contributed by atoms with Crippen molar-refractivity contribution in [1.82, 2.24) is 15.3 Å². The highest BCUT2D eigenvalue weighted by atomic mass is 16.5. The molecule has 0 radical (unpaired) electrons. The maximum absolute atomic E-state index is 12.0. The molecule has 0 spiro atoms. The molecule has 1 heterocycles. The summed E-state index contributed by atoms with van der Waals surface area (Å²) in [5.74, 6) is 2.37. The van der Waals surface area contributed by atoms with Gasteiger partial charge in [-0.05, 0) is 31.2 Å². The molecule has 0 aliphatic rings. The first-order valence-electron chi connectivity index (χ1n) is 7.88. The Morgan fingerprint density at radius 1 is 1.24 bits per heavy atom. The lowest BCUT2D eigenvalue weighted by molar-refractivity contribution is 0.0952. The Labute approximate surface area is 147 Å². The third-order valence-electron chi connectivity index (χ3n) is 3.21. The van der Waals surface area contributed by atoms with E-state index in [-0.39, 0.29) is 5.91 Å². The number of ether oxygens (including phenoxy) is 2. The van der Waals surface area contributed by atoms with Gasteiger partial charge in [-0.15, -0.1) is 6.58 Å². The second-order valence-electron chi connectivity index (χ2n) is 5.14. The van der Waals surface area contributed by atoms with Gasteiger partial charge >= 0.3 is 0 Å². The van der Waals surface area contributed by atoms with Gasteiger partial charge in [0, 0.05) is 12.6 Å². The summed E-state index contributed by atoms with van der Waals surface area (Å²) in [6.45, 7) is 6.68. The molecule has 2 aromatic rings. The lowest BCUT2D eigenvalue weighted by Crippen LogP contribution is -2.25. The highest BCUT2D eigenvalue weighted by Crippen LogP contribution is 2.16. The SMILES string of the molecule is C=CCNC(=O)c1cc(NCCOc2ccc(OC)cc2)nc(C)n1. The van der Waals surface area contributed by atoms with Crippen molar-refractivity contribution in [2.75, 3.05) is 32.1 Å². The third-order valence-corrected chi connectivity index (χ3v) is 3.21. The van der Waals surface area contributed by atoms with Crippen LogP contribution in [0, 0.1) is 6.92 Å². The molecule has 7 heteroatoms. The lowest BCUT2D eigenvalue weighted by Gasteiger charge is -2.10. The van der Waals surface area contributed by atoms with Crippen molar-refractivity contribution >= 4 is 11.7 Å². The first-order valence-corrected chi connectivity index (χ1v) is 7.88. The molecule has 0 bridgehead atoms.